The van der Waals surface area contributed by atoms with E-state index in [-0.39, 0.29) is 42.4 Å². The molecule has 1 aromatic rings. The van der Waals surface area contributed by atoms with Crippen LogP contribution in [0.15, 0.2) is 41.7 Å². The van der Waals surface area contributed by atoms with Crippen LogP contribution in [0.3, 0.4) is 0 Å². The van der Waals surface area contributed by atoms with E-state index in [1.165, 1.54) is 0 Å². The third-order valence-corrected chi connectivity index (χ3v) is 1.91. The van der Waals surface area contributed by atoms with E-state index in [4.69, 9.17) is 5.73 Å². The predicted octanol–water partition coefficient (Wildman–Crippen LogP) is 1.12. The molecule has 1 rings (SSSR count). The van der Waals surface area contributed by atoms with Crippen molar-refractivity contribution in [3.05, 3.63) is 36.7 Å². The summed E-state index contributed by atoms with van der Waals surface area (Å²) in [7, 11) is 0. The molecule has 1 aromatic heterocycles. The molecule has 19 heavy (non-hydrogen) atoms. The van der Waals surface area contributed by atoms with Crippen LogP contribution in [-0.4, -0.2) is 29.9 Å². The first-order valence-electron chi connectivity index (χ1n) is 5.46. The van der Waals surface area contributed by atoms with Crippen molar-refractivity contribution in [3.63, 3.8) is 0 Å². The van der Waals surface area contributed by atoms with Crippen molar-refractivity contribution < 1.29 is 4.79 Å². The molecule has 7 heteroatoms. The van der Waals surface area contributed by atoms with E-state index < -0.39 is 0 Å². The van der Waals surface area contributed by atoms with Crippen molar-refractivity contribution >= 4 is 41.5 Å². The van der Waals surface area contributed by atoms with Gasteiger partial charge in [0.2, 0.25) is 5.91 Å². The van der Waals surface area contributed by atoms with Gasteiger partial charge in [0.05, 0.1) is 11.9 Å². The minimum atomic E-state index is -0.247. The van der Waals surface area contributed by atoms with Crippen LogP contribution in [0, 0.1) is 0 Å². The fourth-order valence-corrected chi connectivity index (χ4v) is 1.09. The number of nitrogens with two attached hydrogens (primary N) is 1. The topological polar surface area (TPSA) is 92.4 Å². The molecule has 0 saturated carbocycles. The van der Waals surface area contributed by atoms with Crippen molar-refractivity contribution in [3.8, 4) is 0 Å². The molecule has 1 amide bonds. The molecule has 0 radical (unpaired) electrons. The number of carbonyl (C=O) groups excluding carboxylic acids is 1. The summed E-state index contributed by atoms with van der Waals surface area (Å²) >= 11 is 0. The summed E-state index contributed by atoms with van der Waals surface area (Å²) in [5, 5.41) is 5.49. The second-order valence-corrected chi connectivity index (χ2v) is 3.80. The Kier molecular flexibility index (Phi) is 8.51. The highest BCUT2D eigenvalue weighted by Crippen LogP contribution is 2.01. The third-order valence-electron chi connectivity index (χ3n) is 1.91. The Morgan fingerprint density at radius 2 is 2.32 bits per heavy atom. The minimum Gasteiger partial charge on any atom is -0.370 e. The molecule has 0 aliphatic rings. The van der Waals surface area contributed by atoms with Gasteiger partial charge in [-0.15, -0.1) is 24.0 Å². The zero-order valence-electron chi connectivity index (χ0n) is 10.7. The summed E-state index contributed by atoms with van der Waals surface area (Å²) in [4.78, 5) is 19.3. The van der Waals surface area contributed by atoms with Gasteiger partial charge in [0, 0.05) is 12.7 Å². The van der Waals surface area contributed by atoms with Crippen LogP contribution in [0.2, 0.25) is 0 Å². The van der Waals surface area contributed by atoms with Crippen LogP contribution in [-0.2, 0) is 4.79 Å². The maximum Gasteiger partial charge on any atom is 0.246 e. The first-order chi connectivity index (χ1) is 8.58. The molecule has 4 N–H and O–H groups in total. The second kappa shape index (κ2) is 9.31. The van der Waals surface area contributed by atoms with Crippen molar-refractivity contribution in [2.24, 2.45) is 10.7 Å². The summed E-state index contributed by atoms with van der Waals surface area (Å²) in [6, 6.07) is 3.49. The van der Waals surface area contributed by atoms with Crippen LogP contribution in [0.1, 0.15) is 6.92 Å². The van der Waals surface area contributed by atoms with Crippen LogP contribution >= 0.6 is 24.0 Å². The molecule has 104 valence electrons. The van der Waals surface area contributed by atoms with E-state index in [1.54, 1.807) is 24.5 Å². The number of nitrogens with zero attached hydrogens (tertiary/aromatic N) is 2. The van der Waals surface area contributed by atoms with Gasteiger partial charge in [0.25, 0.3) is 0 Å². The third kappa shape index (κ3) is 8.14. The Balaban J connectivity index is 0.00000324. The number of anilines is 1. The maximum absolute atomic E-state index is 11.5. The number of nitrogens with one attached hydrogen (secondary N) is 2. The monoisotopic (exact) mass is 375 g/mol. The molecule has 0 bridgehead atoms. The Hall–Kier alpha value is -1.64. The predicted molar refractivity (Wildman–Crippen MR) is 87.6 cm³/mol. The summed E-state index contributed by atoms with van der Waals surface area (Å²) < 4.78 is 0. The number of hydrogen-bond acceptors (Lipinski definition) is 3. The summed E-state index contributed by atoms with van der Waals surface area (Å²) in [5.41, 5.74) is 7.14. The van der Waals surface area contributed by atoms with Crippen molar-refractivity contribution in [2.75, 3.05) is 18.4 Å². The van der Waals surface area contributed by atoms with Gasteiger partial charge in [0.15, 0.2) is 5.96 Å². The van der Waals surface area contributed by atoms with Gasteiger partial charge in [0.1, 0.15) is 6.54 Å². The SMILES string of the molecule is C=C(C)CNC(N)=NCC(=O)Nc1cccnc1.I. The van der Waals surface area contributed by atoms with Crippen LogP contribution < -0.4 is 16.4 Å². The van der Waals surface area contributed by atoms with Gasteiger partial charge in [-0.3, -0.25) is 9.78 Å². The molecule has 0 atom stereocenters. The average molecular weight is 375 g/mol. The van der Waals surface area contributed by atoms with Crippen LogP contribution in [0.25, 0.3) is 0 Å². The molecular weight excluding hydrogens is 357 g/mol. The summed E-state index contributed by atoms with van der Waals surface area (Å²) in [6.45, 7) is 6.09. The fourth-order valence-electron chi connectivity index (χ4n) is 1.09. The van der Waals surface area contributed by atoms with Gasteiger partial charge in [-0.25, -0.2) is 4.99 Å². The first-order valence-corrected chi connectivity index (χ1v) is 5.46. The van der Waals surface area contributed by atoms with Gasteiger partial charge in [-0.1, -0.05) is 12.2 Å². The number of hydrogen-bond donors (Lipinski definition) is 3. The highest BCUT2D eigenvalue weighted by molar-refractivity contribution is 14.0. The number of pyridine rings is 1. The van der Waals surface area contributed by atoms with E-state index in [2.05, 4.69) is 27.2 Å². The number of aliphatic imine (C=N–C) groups is 1. The van der Waals surface area contributed by atoms with Crippen molar-refractivity contribution in [1.82, 2.24) is 10.3 Å². The number of halogens is 1. The first kappa shape index (κ1) is 17.4. The molecule has 0 aliphatic heterocycles. The average Bonchev–Trinajstić information content (AvgIpc) is 2.35. The normalized spacial score (nSPS) is 10.3. The lowest BCUT2D eigenvalue weighted by Gasteiger charge is -2.05. The standard InChI is InChI=1S/C12H17N5O.HI/c1-9(2)6-15-12(13)16-8-11(18)17-10-4-3-5-14-7-10;/h3-5,7H,1,6,8H2,2H3,(H,17,18)(H3,13,15,16);1H. The Morgan fingerprint density at radius 3 is 2.89 bits per heavy atom. The number of rotatable bonds is 5. The molecule has 0 spiro atoms. The fraction of sp³-hybridized carbons (Fsp3) is 0.250. The number of guanidine groups is 1. The van der Waals surface area contributed by atoms with Crippen molar-refractivity contribution in [1.29, 1.82) is 0 Å². The van der Waals surface area contributed by atoms with E-state index in [1.807, 2.05) is 6.92 Å². The lowest BCUT2D eigenvalue weighted by Crippen LogP contribution is -2.33. The molecule has 0 saturated heterocycles. The Labute approximate surface area is 129 Å². The van der Waals surface area contributed by atoms with Gasteiger partial charge >= 0.3 is 0 Å². The molecule has 0 fully saturated rings. The minimum absolute atomic E-state index is 0. The van der Waals surface area contributed by atoms with Gasteiger partial charge in [-0.05, 0) is 19.1 Å². The number of carbonyl (C=O) groups is 1. The van der Waals surface area contributed by atoms with E-state index in [9.17, 15) is 4.79 Å². The van der Waals surface area contributed by atoms with Crippen LogP contribution in [0.5, 0.6) is 0 Å². The Bertz CT molecular complexity index is 447. The van der Waals surface area contributed by atoms with Gasteiger partial charge in [-0.2, -0.15) is 0 Å². The Morgan fingerprint density at radius 1 is 1.58 bits per heavy atom. The van der Waals surface area contributed by atoms with Crippen molar-refractivity contribution in [2.45, 2.75) is 6.92 Å². The lowest BCUT2D eigenvalue weighted by molar-refractivity contribution is -0.114. The molecule has 6 nitrogen and oxygen atoms in total. The zero-order valence-corrected chi connectivity index (χ0v) is 13.0. The summed E-state index contributed by atoms with van der Waals surface area (Å²) in [6.07, 6.45) is 3.19. The van der Waals surface area contributed by atoms with E-state index >= 15 is 0 Å². The molecule has 0 aromatic carbocycles. The molecule has 1 heterocycles. The highest BCUT2D eigenvalue weighted by atomic mass is 127. The summed E-state index contributed by atoms with van der Waals surface area (Å²) in [5.74, 6) is -0.0255. The highest BCUT2D eigenvalue weighted by Gasteiger charge is 2.01. The molecule has 0 unspecified atom stereocenters. The van der Waals surface area contributed by atoms with E-state index in [0.29, 0.717) is 12.2 Å². The van der Waals surface area contributed by atoms with E-state index in [0.717, 1.165) is 5.57 Å². The zero-order chi connectivity index (χ0) is 13.4. The lowest BCUT2D eigenvalue weighted by atomic mass is 10.3. The van der Waals surface area contributed by atoms with Gasteiger partial charge < -0.3 is 16.4 Å². The molecule has 0 aliphatic carbocycles. The van der Waals surface area contributed by atoms with Crippen LogP contribution in [0.4, 0.5) is 5.69 Å². The number of amides is 1. The maximum atomic E-state index is 11.5. The molecular formula is C12H18IN5O. The largest absolute Gasteiger partial charge is 0.370 e. The quantitative estimate of drug-likeness (QED) is 0.311. The second-order valence-electron chi connectivity index (χ2n) is 3.80. The number of aromatic nitrogens is 1. The smallest absolute Gasteiger partial charge is 0.246 e.